The number of nitrogens with one attached hydrogen (secondary N) is 1. The van der Waals surface area contributed by atoms with Gasteiger partial charge in [-0.3, -0.25) is 10.2 Å². The van der Waals surface area contributed by atoms with Crippen molar-refractivity contribution in [2.24, 2.45) is 11.7 Å². The second-order valence-corrected chi connectivity index (χ2v) is 7.31. The highest BCUT2D eigenvalue weighted by atomic mass is 16.3. The SMILES string of the molecule is N=C(N)c1ccc(CCC(=O)N2CCC(Cc3cccc(O)c3)CC2)cc1. The van der Waals surface area contributed by atoms with Gasteiger partial charge >= 0.3 is 0 Å². The highest BCUT2D eigenvalue weighted by molar-refractivity contribution is 5.94. The fraction of sp³-hybridized carbons (Fsp3) is 0.364. The Kier molecular flexibility index (Phi) is 6.12. The van der Waals surface area contributed by atoms with E-state index in [0.29, 0.717) is 30.1 Å². The van der Waals surface area contributed by atoms with E-state index in [9.17, 15) is 9.90 Å². The fourth-order valence-electron chi connectivity index (χ4n) is 3.66. The molecule has 0 aromatic heterocycles. The highest BCUT2D eigenvalue weighted by Gasteiger charge is 2.22. The lowest BCUT2D eigenvalue weighted by molar-refractivity contribution is -0.132. The number of aromatic hydroxyl groups is 1. The first-order valence-electron chi connectivity index (χ1n) is 9.50. The molecule has 5 nitrogen and oxygen atoms in total. The molecular weight excluding hydrogens is 338 g/mol. The van der Waals surface area contributed by atoms with Crippen molar-refractivity contribution in [1.29, 1.82) is 5.41 Å². The van der Waals surface area contributed by atoms with Gasteiger partial charge in [0.2, 0.25) is 5.91 Å². The summed E-state index contributed by atoms with van der Waals surface area (Å²) in [5.41, 5.74) is 8.42. The number of piperidine rings is 1. The number of nitrogens with two attached hydrogens (primary N) is 1. The minimum atomic E-state index is 0.0613. The Morgan fingerprint density at radius 1 is 1.11 bits per heavy atom. The summed E-state index contributed by atoms with van der Waals surface area (Å²) in [6.07, 6.45) is 4.19. The third-order valence-electron chi connectivity index (χ3n) is 5.29. The Balaban J connectivity index is 1.43. The second kappa shape index (κ2) is 8.71. The molecule has 3 rings (SSSR count). The van der Waals surface area contributed by atoms with Crippen LogP contribution in [0.1, 0.15) is 36.0 Å². The van der Waals surface area contributed by atoms with Gasteiger partial charge in [0, 0.05) is 25.1 Å². The van der Waals surface area contributed by atoms with E-state index in [4.69, 9.17) is 11.1 Å². The molecule has 1 heterocycles. The number of aryl methyl sites for hydroxylation is 1. The molecule has 27 heavy (non-hydrogen) atoms. The highest BCUT2D eigenvalue weighted by Crippen LogP contribution is 2.24. The molecule has 1 amide bonds. The summed E-state index contributed by atoms with van der Waals surface area (Å²) in [5.74, 6) is 1.15. The minimum Gasteiger partial charge on any atom is -0.508 e. The second-order valence-electron chi connectivity index (χ2n) is 7.31. The van der Waals surface area contributed by atoms with Gasteiger partial charge < -0.3 is 15.7 Å². The number of phenolic OH excluding ortho intramolecular Hbond substituents is 1. The predicted octanol–water partition coefficient (Wildman–Crippen LogP) is 3.09. The first kappa shape index (κ1) is 19.0. The van der Waals surface area contributed by atoms with E-state index in [1.54, 1.807) is 6.07 Å². The maximum atomic E-state index is 12.5. The number of amides is 1. The van der Waals surface area contributed by atoms with Crippen LogP contribution in [0.15, 0.2) is 48.5 Å². The number of carbonyl (C=O) groups excluding carboxylic acids is 1. The van der Waals surface area contributed by atoms with E-state index in [-0.39, 0.29) is 11.7 Å². The van der Waals surface area contributed by atoms with E-state index < -0.39 is 0 Å². The summed E-state index contributed by atoms with van der Waals surface area (Å²) >= 11 is 0. The van der Waals surface area contributed by atoms with Gasteiger partial charge in [0.15, 0.2) is 0 Å². The molecule has 0 bridgehead atoms. The number of benzene rings is 2. The Labute approximate surface area is 160 Å². The standard InChI is InChI=1S/C22H27N3O2/c23-22(24)19-7-4-16(5-8-19)6-9-21(27)25-12-10-17(11-13-25)14-18-2-1-3-20(26)15-18/h1-5,7-8,15,17,26H,6,9-14H2,(H3,23,24). The van der Waals surface area contributed by atoms with Gasteiger partial charge in [0.05, 0.1) is 0 Å². The summed E-state index contributed by atoms with van der Waals surface area (Å²) in [5, 5.41) is 17.0. The zero-order valence-electron chi connectivity index (χ0n) is 15.5. The first-order chi connectivity index (χ1) is 13.0. The molecule has 0 radical (unpaired) electrons. The summed E-state index contributed by atoms with van der Waals surface area (Å²) in [6.45, 7) is 1.62. The van der Waals surface area contributed by atoms with Gasteiger partial charge in [-0.25, -0.2) is 0 Å². The molecule has 0 unspecified atom stereocenters. The number of likely N-dealkylation sites (tertiary alicyclic amines) is 1. The average Bonchev–Trinajstić information content (AvgIpc) is 2.67. The van der Waals surface area contributed by atoms with Crippen LogP contribution >= 0.6 is 0 Å². The van der Waals surface area contributed by atoms with Crippen molar-refractivity contribution >= 4 is 11.7 Å². The molecule has 142 valence electrons. The van der Waals surface area contributed by atoms with E-state index >= 15 is 0 Å². The number of phenols is 1. The van der Waals surface area contributed by atoms with Crippen LogP contribution in [0.2, 0.25) is 0 Å². The van der Waals surface area contributed by atoms with E-state index in [1.165, 1.54) is 0 Å². The maximum absolute atomic E-state index is 12.5. The van der Waals surface area contributed by atoms with Crippen molar-refractivity contribution in [2.45, 2.75) is 32.1 Å². The molecule has 4 N–H and O–H groups in total. The van der Waals surface area contributed by atoms with Crippen molar-refractivity contribution in [3.05, 3.63) is 65.2 Å². The van der Waals surface area contributed by atoms with Crippen LogP contribution in [0.3, 0.4) is 0 Å². The summed E-state index contributed by atoms with van der Waals surface area (Å²) in [7, 11) is 0. The fourth-order valence-corrected chi connectivity index (χ4v) is 3.66. The molecule has 1 aliphatic heterocycles. The summed E-state index contributed by atoms with van der Waals surface area (Å²) in [6, 6.07) is 15.0. The Bertz CT molecular complexity index is 793. The number of hydrogen-bond acceptors (Lipinski definition) is 3. The molecule has 5 heteroatoms. The molecule has 0 saturated carbocycles. The first-order valence-corrected chi connectivity index (χ1v) is 9.50. The van der Waals surface area contributed by atoms with Crippen LogP contribution in [0.5, 0.6) is 5.75 Å². The quantitative estimate of drug-likeness (QED) is 0.543. The van der Waals surface area contributed by atoms with Gasteiger partial charge in [-0.15, -0.1) is 0 Å². The molecular formula is C22H27N3O2. The van der Waals surface area contributed by atoms with E-state index in [0.717, 1.165) is 43.5 Å². The largest absolute Gasteiger partial charge is 0.508 e. The average molecular weight is 365 g/mol. The van der Waals surface area contributed by atoms with Crippen LogP contribution < -0.4 is 5.73 Å². The van der Waals surface area contributed by atoms with Gasteiger partial charge in [0.1, 0.15) is 11.6 Å². The molecule has 0 atom stereocenters. The van der Waals surface area contributed by atoms with Gasteiger partial charge in [0.25, 0.3) is 0 Å². The third kappa shape index (κ3) is 5.33. The number of hydrogen-bond donors (Lipinski definition) is 3. The van der Waals surface area contributed by atoms with E-state index in [2.05, 4.69) is 6.07 Å². The Morgan fingerprint density at radius 3 is 2.44 bits per heavy atom. The van der Waals surface area contributed by atoms with Crippen LogP contribution in [0.4, 0.5) is 0 Å². The number of nitrogens with zero attached hydrogens (tertiary/aromatic N) is 1. The topological polar surface area (TPSA) is 90.4 Å². The van der Waals surface area contributed by atoms with Crippen molar-refractivity contribution in [1.82, 2.24) is 4.90 Å². The minimum absolute atomic E-state index is 0.0613. The lowest BCUT2D eigenvalue weighted by Gasteiger charge is -2.32. The normalized spacial score (nSPS) is 14.9. The molecule has 2 aromatic rings. The van der Waals surface area contributed by atoms with Crippen LogP contribution in [0, 0.1) is 11.3 Å². The molecule has 1 fully saturated rings. The molecule has 0 spiro atoms. The smallest absolute Gasteiger partial charge is 0.222 e. The summed E-state index contributed by atoms with van der Waals surface area (Å²) < 4.78 is 0. The molecule has 2 aromatic carbocycles. The zero-order chi connectivity index (χ0) is 19.2. The molecule has 0 aliphatic carbocycles. The summed E-state index contributed by atoms with van der Waals surface area (Å²) in [4.78, 5) is 14.5. The molecule has 1 saturated heterocycles. The maximum Gasteiger partial charge on any atom is 0.222 e. The Morgan fingerprint density at radius 2 is 1.81 bits per heavy atom. The van der Waals surface area contributed by atoms with Gasteiger partial charge in [-0.1, -0.05) is 36.4 Å². The van der Waals surface area contributed by atoms with Crippen molar-refractivity contribution in [2.75, 3.05) is 13.1 Å². The van der Waals surface area contributed by atoms with E-state index in [1.807, 2.05) is 41.3 Å². The zero-order valence-corrected chi connectivity index (χ0v) is 15.5. The van der Waals surface area contributed by atoms with Gasteiger partial charge in [-0.05, 0) is 54.9 Å². The number of amidine groups is 1. The predicted molar refractivity (Wildman–Crippen MR) is 107 cm³/mol. The Hall–Kier alpha value is -2.82. The molecule has 1 aliphatic rings. The van der Waals surface area contributed by atoms with Gasteiger partial charge in [-0.2, -0.15) is 0 Å². The van der Waals surface area contributed by atoms with Crippen molar-refractivity contribution in [3.63, 3.8) is 0 Å². The van der Waals surface area contributed by atoms with Crippen molar-refractivity contribution < 1.29 is 9.90 Å². The van der Waals surface area contributed by atoms with Crippen LogP contribution in [-0.2, 0) is 17.6 Å². The lowest BCUT2D eigenvalue weighted by Crippen LogP contribution is -2.39. The number of rotatable bonds is 6. The van der Waals surface area contributed by atoms with Crippen LogP contribution in [-0.4, -0.2) is 34.8 Å². The monoisotopic (exact) mass is 365 g/mol. The third-order valence-corrected chi connectivity index (χ3v) is 5.29. The number of nitrogen functional groups attached to an aromatic ring is 1. The number of carbonyl (C=O) groups is 1. The van der Waals surface area contributed by atoms with Crippen LogP contribution in [0.25, 0.3) is 0 Å². The van der Waals surface area contributed by atoms with Crippen molar-refractivity contribution in [3.8, 4) is 5.75 Å². The lowest BCUT2D eigenvalue weighted by atomic mass is 9.90.